The molecule has 19 heavy (non-hydrogen) atoms. The van der Waals surface area contributed by atoms with Crippen molar-refractivity contribution in [1.82, 2.24) is 9.36 Å². The second-order valence-corrected chi connectivity index (χ2v) is 5.25. The summed E-state index contributed by atoms with van der Waals surface area (Å²) in [5.74, 6) is 1.28. The van der Waals surface area contributed by atoms with Crippen molar-refractivity contribution >= 4 is 22.6 Å². The predicted octanol–water partition coefficient (Wildman–Crippen LogP) is 1.43. The molecule has 1 aromatic rings. The standard InChI is InChI=1S/C12H19N3O3S/c1-17-8-7-15(6-5-10(16)18-2)12-13-11(14-19-12)9-3-4-9/h9H,3-8H2,1-2H3. The summed E-state index contributed by atoms with van der Waals surface area (Å²) in [6, 6.07) is 0. The Morgan fingerprint density at radius 3 is 2.84 bits per heavy atom. The molecule has 1 aromatic heterocycles. The smallest absolute Gasteiger partial charge is 0.307 e. The lowest BCUT2D eigenvalue weighted by Crippen LogP contribution is -2.29. The molecule has 6 nitrogen and oxygen atoms in total. The molecule has 0 bridgehead atoms. The Kier molecular flexibility index (Phi) is 5.09. The molecule has 106 valence electrons. The van der Waals surface area contributed by atoms with Gasteiger partial charge in [-0.2, -0.15) is 4.37 Å². The van der Waals surface area contributed by atoms with Crippen molar-refractivity contribution < 1.29 is 14.3 Å². The van der Waals surface area contributed by atoms with Gasteiger partial charge >= 0.3 is 5.97 Å². The van der Waals surface area contributed by atoms with Gasteiger partial charge in [0.1, 0.15) is 5.82 Å². The molecule has 0 N–H and O–H groups in total. The van der Waals surface area contributed by atoms with Crippen molar-refractivity contribution in [3.8, 4) is 0 Å². The topological polar surface area (TPSA) is 64.5 Å². The van der Waals surface area contributed by atoms with Crippen LogP contribution in [0.3, 0.4) is 0 Å². The minimum Gasteiger partial charge on any atom is -0.469 e. The summed E-state index contributed by atoms with van der Waals surface area (Å²) < 4.78 is 14.1. The molecule has 0 spiro atoms. The molecule has 0 aliphatic heterocycles. The number of methoxy groups -OCH3 is 2. The second kappa shape index (κ2) is 6.81. The van der Waals surface area contributed by atoms with Gasteiger partial charge in [-0.05, 0) is 12.8 Å². The molecule has 0 amide bonds. The second-order valence-electron chi connectivity index (χ2n) is 4.52. The molecule has 1 aliphatic carbocycles. The third kappa shape index (κ3) is 4.14. The van der Waals surface area contributed by atoms with Crippen LogP contribution in [0.25, 0.3) is 0 Å². The highest BCUT2D eigenvalue weighted by Crippen LogP contribution is 2.39. The van der Waals surface area contributed by atoms with E-state index in [-0.39, 0.29) is 5.97 Å². The third-order valence-corrected chi connectivity index (χ3v) is 3.81. The maximum atomic E-state index is 11.2. The van der Waals surface area contributed by atoms with Gasteiger partial charge in [-0.1, -0.05) is 0 Å². The number of esters is 1. The number of rotatable bonds is 8. The van der Waals surface area contributed by atoms with Crippen LogP contribution in [0.4, 0.5) is 5.13 Å². The lowest BCUT2D eigenvalue weighted by Gasteiger charge is -2.20. The van der Waals surface area contributed by atoms with Crippen LogP contribution in [-0.2, 0) is 14.3 Å². The Hall–Kier alpha value is -1.21. The van der Waals surface area contributed by atoms with Gasteiger partial charge < -0.3 is 14.4 Å². The Bertz CT molecular complexity index is 420. The number of hydrogen-bond donors (Lipinski definition) is 0. The third-order valence-electron chi connectivity index (χ3n) is 3.02. The van der Waals surface area contributed by atoms with E-state index in [1.807, 2.05) is 4.90 Å². The van der Waals surface area contributed by atoms with Crippen LogP contribution in [0.1, 0.15) is 31.0 Å². The summed E-state index contributed by atoms with van der Waals surface area (Å²) in [6.45, 7) is 1.88. The first-order valence-corrected chi connectivity index (χ1v) is 7.16. The number of anilines is 1. The van der Waals surface area contributed by atoms with Gasteiger partial charge in [-0.3, -0.25) is 4.79 Å². The highest BCUT2D eigenvalue weighted by molar-refractivity contribution is 7.09. The van der Waals surface area contributed by atoms with Crippen LogP contribution < -0.4 is 4.90 Å². The molecule has 2 rings (SSSR count). The van der Waals surface area contributed by atoms with Crippen LogP contribution in [0, 0.1) is 0 Å². The minimum absolute atomic E-state index is 0.214. The number of hydrogen-bond acceptors (Lipinski definition) is 7. The fourth-order valence-corrected chi connectivity index (χ4v) is 2.49. The van der Waals surface area contributed by atoms with E-state index in [4.69, 9.17) is 4.74 Å². The summed E-state index contributed by atoms with van der Waals surface area (Å²) in [5, 5.41) is 0.864. The van der Waals surface area contributed by atoms with Crippen LogP contribution in [0.2, 0.25) is 0 Å². The van der Waals surface area contributed by atoms with Gasteiger partial charge in [0, 0.05) is 37.6 Å². The van der Waals surface area contributed by atoms with E-state index in [9.17, 15) is 4.79 Å². The fourth-order valence-electron chi connectivity index (χ4n) is 1.70. The molecular formula is C12H19N3O3S. The molecule has 0 atom stereocenters. The SMILES string of the molecule is COCCN(CCC(=O)OC)c1nc(C2CC2)ns1. The highest BCUT2D eigenvalue weighted by atomic mass is 32.1. The Labute approximate surface area is 116 Å². The monoisotopic (exact) mass is 285 g/mol. The number of ether oxygens (including phenoxy) is 2. The molecule has 1 heterocycles. The van der Waals surface area contributed by atoms with Gasteiger partial charge in [0.2, 0.25) is 5.13 Å². The van der Waals surface area contributed by atoms with Gasteiger partial charge in [0.05, 0.1) is 20.1 Å². The first-order chi connectivity index (χ1) is 9.24. The van der Waals surface area contributed by atoms with E-state index in [0.717, 1.165) is 11.0 Å². The van der Waals surface area contributed by atoms with Crippen molar-refractivity contribution in [1.29, 1.82) is 0 Å². The number of aromatic nitrogens is 2. The zero-order valence-electron chi connectivity index (χ0n) is 11.3. The Morgan fingerprint density at radius 1 is 1.42 bits per heavy atom. The average Bonchev–Trinajstić information content (AvgIpc) is 3.17. The first-order valence-electron chi connectivity index (χ1n) is 6.39. The van der Waals surface area contributed by atoms with Gasteiger partial charge in [-0.25, -0.2) is 4.98 Å². The van der Waals surface area contributed by atoms with E-state index in [1.165, 1.54) is 31.5 Å². The zero-order chi connectivity index (χ0) is 13.7. The van der Waals surface area contributed by atoms with Crippen molar-refractivity contribution in [2.45, 2.75) is 25.2 Å². The van der Waals surface area contributed by atoms with Gasteiger partial charge in [-0.15, -0.1) is 0 Å². The maximum Gasteiger partial charge on any atom is 0.307 e. The quantitative estimate of drug-likeness (QED) is 0.673. The highest BCUT2D eigenvalue weighted by Gasteiger charge is 2.28. The molecule has 1 aliphatic rings. The zero-order valence-corrected chi connectivity index (χ0v) is 12.1. The molecular weight excluding hydrogens is 266 g/mol. The Morgan fingerprint density at radius 2 is 2.21 bits per heavy atom. The average molecular weight is 285 g/mol. The lowest BCUT2D eigenvalue weighted by atomic mass is 10.4. The normalized spacial score (nSPS) is 14.4. The minimum atomic E-state index is -0.214. The first kappa shape index (κ1) is 14.2. The van der Waals surface area contributed by atoms with Crippen LogP contribution in [0.15, 0.2) is 0 Å². The van der Waals surface area contributed by atoms with E-state index in [1.54, 1.807) is 7.11 Å². The van der Waals surface area contributed by atoms with Crippen LogP contribution in [-0.4, -0.2) is 49.2 Å². The van der Waals surface area contributed by atoms with E-state index >= 15 is 0 Å². The molecule has 0 unspecified atom stereocenters. The number of carbonyl (C=O) groups is 1. The fraction of sp³-hybridized carbons (Fsp3) is 0.750. The van der Waals surface area contributed by atoms with E-state index in [0.29, 0.717) is 32.0 Å². The number of nitrogens with zero attached hydrogens (tertiary/aromatic N) is 3. The summed E-state index contributed by atoms with van der Waals surface area (Å²) in [5.41, 5.74) is 0. The predicted molar refractivity (Wildman–Crippen MR) is 72.6 cm³/mol. The van der Waals surface area contributed by atoms with E-state index < -0.39 is 0 Å². The molecule has 0 saturated heterocycles. The Balaban J connectivity index is 1.95. The molecule has 0 aromatic carbocycles. The summed E-state index contributed by atoms with van der Waals surface area (Å²) >= 11 is 1.39. The molecule has 1 saturated carbocycles. The van der Waals surface area contributed by atoms with Crippen molar-refractivity contribution in [3.05, 3.63) is 5.82 Å². The largest absolute Gasteiger partial charge is 0.469 e. The maximum absolute atomic E-state index is 11.2. The van der Waals surface area contributed by atoms with Crippen LogP contribution >= 0.6 is 11.5 Å². The van der Waals surface area contributed by atoms with Crippen molar-refractivity contribution in [2.24, 2.45) is 0 Å². The van der Waals surface area contributed by atoms with Crippen molar-refractivity contribution in [2.75, 3.05) is 38.8 Å². The van der Waals surface area contributed by atoms with Crippen LogP contribution in [0.5, 0.6) is 0 Å². The van der Waals surface area contributed by atoms with E-state index in [2.05, 4.69) is 14.1 Å². The molecule has 0 radical (unpaired) electrons. The number of carbonyl (C=O) groups excluding carboxylic acids is 1. The summed E-state index contributed by atoms with van der Waals surface area (Å²) in [4.78, 5) is 17.8. The molecule has 7 heteroatoms. The lowest BCUT2D eigenvalue weighted by molar-refractivity contribution is -0.140. The van der Waals surface area contributed by atoms with Gasteiger partial charge in [0.15, 0.2) is 0 Å². The van der Waals surface area contributed by atoms with Crippen molar-refractivity contribution in [3.63, 3.8) is 0 Å². The molecule has 1 fully saturated rings. The summed E-state index contributed by atoms with van der Waals surface area (Å²) in [6.07, 6.45) is 2.73. The van der Waals surface area contributed by atoms with Gasteiger partial charge in [0.25, 0.3) is 0 Å². The summed E-state index contributed by atoms with van der Waals surface area (Å²) in [7, 11) is 3.06.